The van der Waals surface area contributed by atoms with Crippen LogP contribution in [-0.2, 0) is 4.74 Å². The zero-order valence-electron chi connectivity index (χ0n) is 9.70. The van der Waals surface area contributed by atoms with E-state index >= 15 is 0 Å². The summed E-state index contributed by atoms with van der Waals surface area (Å²) in [7, 11) is 0. The van der Waals surface area contributed by atoms with Crippen molar-refractivity contribution in [2.75, 3.05) is 5.43 Å². The Labute approximate surface area is 103 Å². The summed E-state index contributed by atoms with van der Waals surface area (Å²) in [5.41, 5.74) is 1.93. The summed E-state index contributed by atoms with van der Waals surface area (Å²) < 4.78 is 5.27. The molecule has 1 heterocycles. The van der Waals surface area contributed by atoms with Gasteiger partial charge in [0.15, 0.2) is 5.69 Å². The SMILES string of the molecule is O=C(O)Nn1cc(C(=O)OC2CCCCC2)nn1. The molecule has 0 spiro atoms. The third kappa shape index (κ3) is 3.19. The van der Waals surface area contributed by atoms with E-state index in [1.807, 2.05) is 5.43 Å². The molecule has 1 aliphatic carbocycles. The second-order valence-corrected chi connectivity index (χ2v) is 4.13. The number of nitrogens with one attached hydrogen (secondary N) is 1. The summed E-state index contributed by atoms with van der Waals surface area (Å²) in [5, 5.41) is 15.5. The van der Waals surface area contributed by atoms with Crippen LogP contribution in [0.25, 0.3) is 0 Å². The van der Waals surface area contributed by atoms with E-state index in [9.17, 15) is 9.59 Å². The molecule has 0 radical (unpaired) electrons. The Kier molecular flexibility index (Phi) is 3.75. The van der Waals surface area contributed by atoms with Crippen LogP contribution in [0.2, 0.25) is 0 Å². The fourth-order valence-electron chi connectivity index (χ4n) is 1.90. The average molecular weight is 254 g/mol. The minimum Gasteiger partial charge on any atom is -0.464 e. The number of hydrogen-bond acceptors (Lipinski definition) is 5. The zero-order valence-corrected chi connectivity index (χ0v) is 9.70. The van der Waals surface area contributed by atoms with E-state index < -0.39 is 12.1 Å². The van der Waals surface area contributed by atoms with Crippen LogP contribution in [-0.4, -0.2) is 38.4 Å². The summed E-state index contributed by atoms with van der Waals surface area (Å²) in [6.45, 7) is 0. The number of amides is 1. The number of esters is 1. The third-order valence-corrected chi connectivity index (χ3v) is 2.74. The normalized spacial score (nSPS) is 16.2. The maximum absolute atomic E-state index is 11.7. The lowest BCUT2D eigenvalue weighted by Crippen LogP contribution is -2.22. The number of ether oxygens (including phenoxy) is 1. The van der Waals surface area contributed by atoms with Crippen LogP contribution in [0.1, 0.15) is 42.6 Å². The van der Waals surface area contributed by atoms with Gasteiger partial charge in [0.25, 0.3) is 0 Å². The molecule has 0 aromatic carbocycles. The molecule has 2 N–H and O–H groups in total. The van der Waals surface area contributed by atoms with Gasteiger partial charge in [-0.3, -0.25) is 0 Å². The lowest BCUT2D eigenvalue weighted by Gasteiger charge is -2.21. The van der Waals surface area contributed by atoms with Crippen molar-refractivity contribution in [2.24, 2.45) is 0 Å². The second-order valence-electron chi connectivity index (χ2n) is 4.13. The van der Waals surface area contributed by atoms with Crippen LogP contribution in [0.3, 0.4) is 0 Å². The molecule has 0 unspecified atom stereocenters. The van der Waals surface area contributed by atoms with Gasteiger partial charge in [0.05, 0.1) is 6.20 Å². The van der Waals surface area contributed by atoms with Gasteiger partial charge in [-0.2, -0.15) is 4.79 Å². The predicted molar refractivity (Wildman–Crippen MR) is 59.7 cm³/mol. The van der Waals surface area contributed by atoms with Gasteiger partial charge in [0.2, 0.25) is 0 Å². The first kappa shape index (κ1) is 12.3. The lowest BCUT2D eigenvalue weighted by atomic mass is 9.98. The van der Waals surface area contributed by atoms with Crippen molar-refractivity contribution < 1.29 is 19.4 Å². The first-order chi connectivity index (χ1) is 8.65. The van der Waals surface area contributed by atoms with Crippen molar-refractivity contribution in [3.05, 3.63) is 11.9 Å². The molecule has 1 aromatic heterocycles. The Morgan fingerprint density at radius 3 is 2.78 bits per heavy atom. The zero-order chi connectivity index (χ0) is 13.0. The van der Waals surface area contributed by atoms with Crippen molar-refractivity contribution in [2.45, 2.75) is 38.2 Å². The highest BCUT2D eigenvalue weighted by molar-refractivity contribution is 5.87. The summed E-state index contributed by atoms with van der Waals surface area (Å²) in [4.78, 5) is 22.9. The largest absolute Gasteiger partial charge is 0.464 e. The average Bonchev–Trinajstić information content (AvgIpc) is 2.78. The molecular weight excluding hydrogens is 240 g/mol. The maximum Gasteiger partial charge on any atom is 0.425 e. The Hall–Kier alpha value is -2.12. The Bertz CT molecular complexity index is 439. The fourth-order valence-corrected chi connectivity index (χ4v) is 1.90. The predicted octanol–water partition coefficient (Wildman–Crippen LogP) is 0.989. The highest BCUT2D eigenvalue weighted by Crippen LogP contribution is 2.20. The molecule has 1 amide bonds. The van der Waals surface area contributed by atoms with E-state index in [0.29, 0.717) is 0 Å². The van der Waals surface area contributed by atoms with E-state index in [4.69, 9.17) is 9.84 Å². The second kappa shape index (κ2) is 5.48. The van der Waals surface area contributed by atoms with Gasteiger partial charge in [-0.25, -0.2) is 15.0 Å². The van der Waals surface area contributed by atoms with Gasteiger partial charge < -0.3 is 9.84 Å². The number of nitrogens with zero attached hydrogens (tertiary/aromatic N) is 3. The van der Waals surface area contributed by atoms with E-state index in [2.05, 4.69) is 10.3 Å². The van der Waals surface area contributed by atoms with Gasteiger partial charge in [0.1, 0.15) is 6.10 Å². The first-order valence-corrected chi connectivity index (χ1v) is 5.78. The van der Waals surface area contributed by atoms with Crippen molar-refractivity contribution in [1.82, 2.24) is 15.1 Å². The standard InChI is InChI=1S/C10H14N4O4/c15-9(18-7-4-2-1-3-5-7)8-6-14(13-11-8)12-10(16)17/h6-7,12H,1-5H2,(H,16,17). The van der Waals surface area contributed by atoms with E-state index in [0.717, 1.165) is 30.5 Å². The molecule has 2 rings (SSSR count). The molecule has 98 valence electrons. The number of aromatic nitrogens is 3. The molecule has 8 nitrogen and oxygen atoms in total. The molecule has 18 heavy (non-hydrogen) atoms. The highest BCUT2D eigenvalue weighted by Gasteiger charge is 2.20. The Morgan fingerprint density at radius 2 is 2.11 bits per heavy atom. The van der Waals surface area contributed by atoms with Gasteiger partial charge in [-0.1, -0.05) is 6.42 Å². The molecule has 0 saturated heterocycles. The molecule has 0 atom stereocenters. The molecule has 1 saturated carbocycles. The van der Waals surface area contributed by atoms with Crippen LogP contribution >= 0.6 is 0 Å². The number of hydrogen-bond donors (Lipinski definition) is 2. The summed E-state index contributed by atoms with van der Waals surface area (Å²) in [6, 6.07) is 0. The van der Waals surface area contributed by atoms with Crippen molar-refractivity contribution >= 4 is 12.1 Å². The van der Waals surface area contributed by atoms with Crippen molar-refractivity contribution in [3.63, 3.8) is 0 Å². The lowest BCUT2D eigenvalue weighted by molar-refractivity contribution is 0.0204. The molecule has 0 bridgehead atoms. The summed E-state index contributed by atoms with van der Waals surface area (Å²) in [6.07, 6.45) is 4.86. The first-order valence-electron chi connectivity index (χ1n) is 5.78. The number of carbonyl (C=O) groups excluding carboxylic acids is 1. The van der Waals surface area contributed by atoms with E-state index in [1.165, 1.54) is 12.6 Å². The maximum atomic E-state index is 11.7. The molecule has 1 aliphatic rings. The number of carboxylic acid groups (broad SMARTS) is 1. The van der Waals surface area contributed by atoms with E-state index in [1.54, 1.807) is 0 Å². The van der Waals surface area contributed by atoms with Crippen molar-refractivity contribution in [3.8, 4) is 0 Å². The minimum absolute atomic E-state index is 0.00526. The van der Waals surface area contributed by atoms with Gasteiger partial charge in [-0.05, 0) is 30.9 Å². The number of rotatable bonds is 3. The van der Waals surface area contributed by atoms with E-state index in [-0.39, 0.29) is 11.8 Å². The van der Waals surface area contributed by atoms with Crippen LogP contribution in [0.5, 0.6) is 0 Å². The molecule has 0 aliphatic heterocycles. The number of carbonyl (C=O) groups is 2. The minimum atomic E-state index is -1.29. The fraction of sp³-hybridized carbons (Fsp3) is 0.600. The van der Waals surface area contributed by atoms with Crippen LogP contribution in [0.15, 0.2) is 6.20 Å². The quantitative estimate of drug-likeness (QED) is 0.779. The molecule has 1 aromatic rings. The molecular formula is C10H14N4O4. The smallest absolute Gasteiger partial charge is 0.425 e. The van der Waals surface area contributed by atoms with Gasteiger partial charge in [0, 0.05) is 0 Å². The van der Waals surface area contributed by atoms with Crippen LogP contribution in [0, 0.1) is 0 Å². The van der Waals surface area contributed by atoms with Crippen LogP contribution < -0.4 is 5.43 Å². The molecule has 8 heteroatoms. The summed E-state index contributed by atoms with van der Waals surface area (Å²) in [5.74, 6) is -0.569. The third-order valence-electron chi connectivity index (χ3n) is 2.74. The topological polar surface area (TPSA) is 106 Å². The van der Waals surface area contributed by atoms with Gasteiger partial charge in [-0.15, -0.1) is 5.10 Å². The Balaban J connectivity index is 1.91. The Morgan fingerprint density at radius 1 is 1.39 bits per heavy atom. The monoisotopic (exact) mass is 254 g/mol. The summed E-state index contributed by atoms with van der Waals surface area (Å²) >= 11 is 0. The molecule has 1 fully saturated rings. The highest BCUT2D eigenvalue weighted by atomic mass is 16.5. The van der Waals surface area contributed by atoms with Crippen molar-refractivity contribution in [1.29, 1.82) is 0 Å². The van der Waals surface area contributed by atoms with Gasteiger partial charge >= 0.3 is 12.1 Å². The van der Waals surface area contributed by atoms with Crippen LogP contribution in [0.4, 0.5) is 4.79 Å².